The van der Waals surface area contributed by atoms with Crippen molar-refractivity contribution in [3.05, 3.63) is 47.9 Å². The lowest BCUT2D eigenvalue weighted by atomic mass is 10.1. The first-order valence-corrected chi connectivity index (χ1v) is 8.06. The van der Waals surface area contributed by atoms with Gasteiger partial charge in [0.15, 0.2) is 0 Å². The fraction of sp³-hybridized carbons (Fsp3) is 0.333. The molecule has 1 heterocycles. The molecule has 25 heavy (non-hydrogen) atoms. The molecule has 0 aliphatic carbocycles. The van der Waals surface area contributed by atoms with Crippen LogP contribution in [0.2, 0.25) is 0 Å². The van der Waals surface area contributed by atoms with Crippen molar-refractivity contribution in [2.45, 2.75) is 20.3 Å². The van der Waals surface area contributed by atoms with Crippen LogP contribution in [0.4, 0.5) is 11.5 Å². The van der Waals surface area contributed by atoms with Gasteiger partial charge in [0.05, 0.1) is 18.4 Å². The number of carbonyl (C=O) groups excluding carboxylic acids is 2. The largest absolute Gasteiger partial charge is 0.465 e. The molecule has 0 fully saturated rings. The Morgan fingerprint density at radius 3 is 2.68 bits per heavy atom. The fourth-order valence-corrected chi connectivity index (χ4v) is 2.13. The minimum Gasteiger partial charge on any atom is -0.465 e. The number of ether oxygens (including phenoxy) is 1. The van der Waals surface area contributed by atoms with Gasteiger partial charge in [-0.3, -0.25) is 4.79 Å². The summed E-state index contributed by atoms with van der Waals surface area (Å²) in [5.74, 6) is 0.217. The topological polar surface area (TPSA) is 93.2 Å². The van der Waals surface area contributed by atoms with Gasteiger partial charge in [0.25, 0.3) is 5.91 Å². The van der Waals surface area contributed by atoms with Gasteiger partial charge in [-0.15, -0.1) is 0 Å². The molecule has 0 saturated heterocycles. The van der Waals surface area contributed by atoms with Crippen molar-refractivity contribution in [2.75, 3.05) is 19.0 Å². The number of amides is 1. The van der Waals surface area contributed by atoms with Crippen LogP contribution in [0.5, 0.6) is 0 Å². The Bertz CT molecular complexity index is 747. The second-order valence-electron chi connectivity index (χ2n) is 5.89. The Balaban J connectivity index is 2.12. The van der Waals surface area contributed by atoms with Crippen LogP contribution in [0.25, 0.3) is 0 Å². The summed E-state index contributed by atoms with van der Waals surface area (Å²) in [6.07, 6.45) is 2.20. The zero-order chi connectivity index (χ0) is 18.2. The smallest absolute Gasteiger partial charge is 0.339 e. The number of nitrogens with zero attached hydrogens (tertiary/aromatic N) is 2. The second kappa shape index (κ2) is 8.77. The average molecular weight is 342 g/mol. The monoisotopic (exact) mass is 342 g/mol. The number of methoxy groups -OCH3 is 1. The van der Waals surface area contributed by atoms with Crippen LogP contribution in [0.3, 0.4) is 0 Å². The lowest BCUT2D eigenvalue weighted by Crippen LogP contribution is -2.26. The van der Waals surface area contributed by atoms with Crippen molar-refractivity contribution < 1.29 is 14.3 Å². The number of carbonyl (C=O) groups is 2. The van der Waals surface area contributed by atoms with Gasteiger partial charge in [-0.05, 0) is 24.5 Å². The highest BCUT2D eigenvalue weighted by molar-refractivity contribution is 5.96. The molecule has 0 aliphatic heterocycles. The number of benzene rings is 1. The number of esters is 1. The van der Waals surface area contributed by atoms with Crippen LogP contribution in [-0.2, 0) is 4.74 Å². The molecule has 132 valence electrons. The summed E-state index contributed by atoms with van der Waals surface area (Å²) in [5.41, 5.74) is 1.18. The molecule has 0 bridgehead atoms. The number of para-hydroxylation sites is 1. The summed E-state index contributed by atoms with van der Waals surface area (Å²) in [6, 6.07) is 8.45. The number of nitrogens with one attached hydrogen (secondary N) is 2. The van der Waals surface area contributed by atoms with Gasteiger partial charge in [0, 0.05) is 12.6 Å². The SMILES string of the molecule is COC(=O)c1ccccc1Nc1cc(C(=O)NCCC(C)C)ncn1. The van der Waals surface area contributed by atoms with Crippen LogP contribution in [-0.4, -0.2) is 35.5 Å². The molecule has 0 atom stereocenters. The van der Waals surface area contributed by atoms with E-state index in [9.17, 15) is 9.59 Å². The van der Waals surface area contributed by atoms with E-state index in [0.29, 0.717) is 29.5 Å². The zero-order valence-corrected chi connectivity index (χ0v) is 14.6. The molecule has 1 aromatic heterocycles. The van der Waals surface area contributed by atoms with Crippen molar-refractivity contribution in [3.8, 4) is 0 Å². The van der Waals surface area contributed by atoms with E-state index in [2.05, 4.69) is 34.4 Å². The molecule has 0 spiro atoms. The van der Waals surface area contributed by atoms with E-state index in [1.165, 1.54) is 13.4 Å². The number of hydrogen-bond donors (Lipinski definition) is 2. The van der Waals surface area contributed by atoms with E-state index in [1.54, 1.807) is 30.3 Å². The zero-order valence-electron chi connectivity index (χ0n) is 14.6. The van der Waals surface area contributed by atoms with Crippen molar-refractivity contribution in [2.24, 2.45) is 5.92 Å². The van der Waals surface area contributed by atoms with Gasteiger partial charge in [0.1, 0.15) is 17.8 Å². The van der Waals surface area contributed by atoms with Gasteiger partial charge in [0.2, 0.25) is 0 Å². The predicted octanol–water partition coefficient (Wildman–Crippen LogP) is 2.78. The van der Waals surface area contributed by atoms with Crippen LogP contribution < -0.4 is 10.6 Å². The van der Waals surface area contributed by atoms with Gasteiger partial charge in [-0.25, -0.2) is 14.8 Å². The first-order chi connectivity index (χ1) is 12.0. The molecule has 0 radical (unpaired) electrons. The maximum atomic E-state index is 12.1. The van der Waals surface area contributed by atoms with Crippen LogP contribution in [0.1, 0.15) is 41.1 Å². The normalized spacial score (nSPS) is 10.4. The molecule has 0 saturated carbocycles. The number of rotatable bonds is 7. The molecule has 2 rings (SSSR count). The minimum atomic E-state index is -0.455. The maximum Gasteiger partial charge on any atom is 0.339 e. The summed E-state index contributed by atoms with van der Waals surface area (Å²) in [5, 5.41) is 5.85. The molecule has 7 nitrogen and oxygen atoms in total. The Kier molecular flexibility index (Phi) is 6.45. The molecule has 1 amide bonds. The van der Waals surface area contributed by atoms with E-state index in [4.69, 9.17) is 4.74 Å². The third kappa shape index (κ3) is 5.27. The number of hydrogen-bond acceptors (Lipinski definition) is 6. The summed E-state index contributed by atoms with van der Waals surface area (Å²) in [6.45, 7) is 4.78. The van der Waals surface area contributed by atoms with Gasteiger partial charge in [-0.1, -0.05) is 26.0 Å². The molecule has 0 aliphatic rings. The van der Waals surface area contributed by atoms with E-state index in [-0.39, 0.29) is 11.6 Å². The summed E-state index contributed by atoms with van der Waals surface area (Å²) in [7, 11) is 1.32. The lowest BCUT2D eigenvalue weighted by Gasteiger charge is -2.11. The summed E-state index contributed by atoms with van der Waals surface area (Å²) < 4.78 is 4.76. The molecule has 0 unspecified atom stereocenters. The van der Waals surface area contributed by atoms with Gasteiger partial charge < -0.3 is 15.4 Å². The van der Waals surface area contributed by atoms with Crippen LogP contribution >= 0.6 is 0 Å². The molecule has 1 aromatic carbocycles. The average Bonchev–Trinajstić information content (AvgIpc) is 2.61. The third-order valence-corrected chi connectivity index (χ3v) is 3.50. The lowest BCUT2D eigenvalue weighted by molar-refractivity contribution is 0.0601. The Hall–Kier alpha value is -2.96. The number of aromatic nitrogens is 2. The Labute approximate surface area is 146 Å². The maximum absolute atomic E-state index is 12.1. The Morgan fingerprint density at radius 2 is 1.96 bits per heavy atom. The summed E-state index contributed by atoms with van der Waals surface area (Å²) in [4.78, 5) is 32.1. The van der Waals surface area contributed by atoms with E-state index in [1.807, 2.05) is 0 Å². The third-order valence-electron chi connectivity index (χ3n) is 3.50. The fourth-order valence-electron chi connectivity index (χ4n) is 2.13. The van der Waals surface area contributed by atoms with Crippen molar-refractivity contribution in [1.29, 1.82) is 0 Å². The molecular formula is C18H22N4O3. The van der Waals surface area contributed by atoms with Crippen molar-refractivity contribution in [1.82, 2.24) is 15.3 Å². The number of anilines is 2. The minimum absolute atomic E-state index is 0.257. The molecule has 2 aromatic rings. The highest BCUT2D eigenvalue weighted by Gasteiger charge is 2.13. The van der Waals surface area contributed by atoms with Gasteiger partial charge in [-0.2, -0.15) is 0 Å². The Morgan fingerprint density at radius 1 is 1.20 bits per heavy atom. The van der Waals surface area contributed by atoms with E-state index in [0.717, 1.165) is 6.42 Å². The first-order valence-electron chi connectivity index (χ1n) is 8.06. The van der Waals surface area contributed by atoms with Gasteiger partial charge >= 0.3 is 5.97 Å². The van der Waals surface area contributed by atoms with Crippen molar-refractivity contribution >= 4 is 23.4 Å². The quantitative estimate of drug-likeness (QED) is 0.752. The predicted molar refractivity (Wildman–Crippen MR) is 94.9 cm³/mol. The first kappa shape index (κ1) is 18.4. The van der Waals surface area contributed by atoms with E-state index >= 15 is 0 Å². The van der Waals surface area contributed by atoms with Crippen LogP contribution in [0.15, 0.2) is 36.7 Å². The van der Waals surface area contributed by atoms with E-state index < -0.39 is 5.97 Å². The van der Waals surface area contributed by atoms with Crippen molar-refractivity contribution in [3.63, 3.8) is 0 Å². The van der Waals surface area contributed by atoms with Crippen LogP contribution in [0, 0.1) is 5.92 Å². The standard InChI is InChI=1S/C18H22N4O3/c1-12(2)8-9-19-17(23)15-10-16(21-11-20-15)22-14-7-5-4-6-13(14)18(24)25-3/h4-7,10-12H,8-9H2,1-3H3,(H,19,23)(H,20,21,22). The molecular weight excluding hydrogens is 320 g/mol. The highest BCUT2D eigenvalue weighted by atomic mass is 16.5. The highest BCUT2D eigenvalue weighted by Crippen LogP contribution is 2.20. The second-order valence-corrected chi connectivity index (χ2v) is 5.89. The summed E-state index contributed by atoms with van der Waals surface area (Å²) >= 11 is 0. The molecule has 2 N–H and O–H groups in total. The molecule has 7 heteroatoms.